The first-order valence-corrected chi connectivity index (χ1v) is 8.90. The summed E-state index contributed by atoms with van der Waals surface area (Å²) in [6, 6.07) is 6.63. The summed E-state index contributed by atoms with van der Waals surface area (Å²) >= 11 is 0. The molecule has 1 heterocycles. The van der Waals surface area contributed by atoms with E-state index >= 15 is 0 Å². The van der Waals surface area contributed by atoms with Crippen LogP contribution in [0.4, 0.5) is 5.69 Å². The van der Waals surface area contributed by atoms with Gasteiger partial charge in [-0.05, 0) is 69.5 Å². The standard InChI is InChI=1S/C19H30N2O2/c1-3-4-13-23-18-10-11-19(20-15-22)16(14-18)8-9-17-7-5-6-12-21(17)2/h10-11,14-15,17H,3-9,12-13H2,1-2H3,(H,20,22). The summed E-state index contributed by atoms with van der Waals surface area (Å²) in [4.78, 5) is 13.3. The number of aryl methyl sites for hydroxylation is 1. The quantitative estimate of drug-likeness (QED) is 0.555. The Labute approximate surface area is 140 Å². The van der Waals surface area contributed by atoms with Gasteiger partial charge in [0, 0.05) is 11.7 Å². The highest BCUT2D eigenvalue weighted by Crippen LogP contribution is 2.26. The molecule has 4 nitrogen and oxygen atoms in total. The third-order valence-corrected chi connectivity index (χ3v) is 4.73. The Balaban J connectivity index is 2.00. The first kappa shape index (κ1) is 17.8. The summed E-state index contributed by atoms with van der Waals surface area (Å²) in [5.41, 5.74) is 2.08. The van der Waals surface area contributed by atoms with E-state index in [1.807, 2.05) is 12.1 Å². The molecular formula is C19H30N2O2. The van der Waals surface area contributed by atoms with Crippen LogP contribution in [0, 0.1) is 0 Å². The van der Waals surface area contributed by atoms with E-state index in [0.29, 0.717) is 6.04 Å². The van der Waals surface area contributed by atoms with Crippen molar-refractivity contribution in [3.05, 3.63) is 23.8 Å². The van der Waals surface area contributed by atoms with Crippen molar-refractivity contribution in [1.82, 2.24) is 4.90 Å². The molecule has 1 atom stereocenters. The minimum Gasteiger partial charge on any atom is -0.494 e. The average molecular weight is 318 g/mol. The van der Waals surface area contributed by atoms with Gasteiger partial charge in [0.15, 0.2) is 0 Å². The van der Waals surface area contributed by atoms with Crippen molar-refractivity contribution in [3.63, 3.8) is 0 Å². The number of hydrogen-bond acceptors (Lipinski definition) is 3. The van der Waals surface area contributed by atoms with Crippen LogP contribution in [0.2, 0.25) is 0 Å². The number of benzene rings is 1. The molecule has 0 bridgehead atoms. The van der Waals surface area contributed by atoms with Gasteiger partial charge in [-0.25, -0.2) is 0 Å². The van der Waals surface area contributed by atoms with E-state index in [-0.39, 0.29) is 0 Å². The van der Waals surface area contributed by atoms with Crippen molar-refractivity contribution in [2.45, 2.75) is 57.9 Å². The Kier molecular flexibility index (Phi) is 7.40. The van der Waals surface area contributed by atoms with Crippen LogP contribution in [0.25, 0.3) is 0 Å². The molecule has 1 aromatic carbocycles. The summed E-state index contributed by atoms with van der Waals surface area (Å²) in [7, 11) is 2.22. The zero-order chi connectivity index (χ0) is 16.5. The number of likely N-dealkylation sites (tertiary alicyclic amines) is 1. The highest BCUT2D eigenvalue weighted by atomic mass is 16.5. The lowest BCUT2D eigenvalue weighted by Crippen LogP contribution is -2.36. The van der Waals surface area contributed by atoms with Gasteiger partial charge in [0.1, 0.15) is 5.75 Å². The summed E-state index contributed by atoms with van der Waals surface area (Å²) in [6.07, 6.45) is 8.96. The fraction of sp³-hybridized carbons (Fsp3) is 0.632. The molecule has 0 spiro atoms. The molecule has 2 rings (SSSR count). The second-order valence-corrected chi connectivity index (χ2v) is 6.45. The van der Waals surface area contributed by atoms with Gasteiger partial charge in [-0.3, -0.25) is 4.79 Å². The van der Waals surface area contributed by atoms with E-state index in [1.54, 1.807) is 0 Å². The van der Waals surface area contributed by atoms with Crippen molar-refractivity contribution in [2.24, 2.45) is 0 Å². The van der Waals surface area contributed by atoms with Crippen molar-refractivity contribution in [2.75, 3.05) is 25.5 Å². The molecule has 1 aliphatic heterocycles. The zero-order valence-electron chi connectivity index (χ0n) is 14.5. The number of anilines is 1. The minimum absolute atomic E-state index is 0.650. The number of amides is 1. The molecule has 1 N–H and O–H groups in total. The van der Waals surface area contributed by atoms with Crippen molar-refractivity contribution >= 4 is 12.1 Å². The van der Waals surface area contributed by atoms with Crippen LogP contribution in [0.3, 0.4) is 0 Å². The average Bonchev–Trinajstić information content (AvgIpc) is 2.56. The van der Waals surface area contributed by atoms with E-state index in [9.17, 15) is 4.79 Å². The Hall–Kier alpha value is -1.55. The lowest BCUT2D eigenvalue weighted by Gasteiger charge is -2.32. The minimum atomic E-state index is 0.650. The molecule has 1 unspecified atom stereocenters. The van der Waals surface area contributed by atoms with Gasteiger partial charge in [0.2, 0.25) is 6.41 Å². The first-order chi connectivity index (χ1) is 11.2. The Morgan fingerprint density at radius 3 is 3.00 bits per heavy atom. The van der Waals surface area contributed by atoms with Gasteiger partial charge in [0.05, 0.1) is 6.61 Å². The highest BCUT2D eigenvalue weighted by Gasteiger charge is 2.19. The monoisotopic (exact) mass is 318 g/mol. The largest absolute Gasteiger partial charge is 0.494 e. The van der Waals surface area contributed by atoms with Crippen LogP contribution in [-0.2, 0) is 11.2 Å². The van der Waals surface area contributed by atoms with E-state index in [1.165, 1.54) is 31.4 Å². The van der Waals surface area contributed by atoms with Crippen LogP contribution < -0.4 is 10.1 Å². The molecule has 0 radical (unpaired) electrons. The molecule has 4 heteroatoms. The van der Waals surface area contributed by atoms with E-state index in [2.05, 4.69) is 30.3 Å². The fourth-order valence-electron chi connectivity index (χ4n) is 3.24. The predicted molar refractivity (Wildman–Crippen MR) is 95.1 cm³/mol. The summed E-state index contributed by atoms with van der Waals surface area (Å²) in [5, 5.41) is 2.82. The van der Waals surface area contributed by atoms with Gasteiger partial charge >= 0.3 is 0 Å². The molecule has 1 fully saturated rings. The lowest BCUT2D eigenvalue weighted by atomic mass is 9.96. The molecule has 1 saturated heterocycles. The van der Waals surface area contributed by atoms with Crippen LogP contribution in [0.15, 0.2) is 18.2 Å². The van der Waals surface area contributed by atoms with Crippen LogP contribution >= 0.6 is 0 Å². The van der Waals surface area contributed by atoms with E-state index in [4.69, 9.17) is 4.74 Å². The van der Waals surface area contributed by atoms with Crippen LogP contribution in [-0.4, -0.2) is 37.6 Å². The second kappa shape index (κ2) is 9.56. The first-order valence-electron chi connectivity index (χ1n) is 8.90. The van der Waals surface area contributed by atoms with Crippen molar-refractivity contribution < 1.29 is 9.53 Å². The molecule has 1 amide bonds. The molecule has 1 aromatic rings. The Morgan fingerprint density at radius 2 is 2.26 bits per heavy atom. The van der Waals surface area contributed by atoms with Gasteiger partial charge in [-0.1, -0.05) is 19.8 Å². The van der Waals surface area contributed by atoms with Crippen molar-refractivity contribution in [1.29, 1.82) is 0 Å². The highest BCUT2D eigenvalue weighted by molar-refractivity contribution is 5.73. The smallest absolute Gasteiger partial charge is 0.211 e. The third kappa shape index (κ3) is 5.54. The van der Waals surface area contributed by atoms with Crippen LogP contribution in [0.5, 0.6) is 5.75 Å². The van der Waals surface area contributed by atoms with Gasteiger partial charge in [-0.15, -0.1) is 0 Å². The number of nitrogens with zero attached hydrogens (tertiary/aromatic N) is 1. The normalized spacial score (nSPS) is 18.6. The number of hydrogen-bond donors (Lipinski definition) is 1. The van der Waals surface area contributed by atoms with Crippen molar-refractivity contribution in [3.8, 4) is 5.75 Å². The molecule has 128 valence electrons. The predicted octanol–water partition coefficient (Wildman–Crippen LogP) is 3.85. The summed E-state index contributed by atoms with van der Waals surface area (Å²) in [5.74, 6) is 0.905. The number of unbranched alkanes of at least 4 members (excludes halogenated alkanes) is 1. The number of nitrogens with one attached hydrogen (secondary N) is 1. The SMILES string of the molecule is CCCCOc1ccc(NC=O)c(CCC2CCCCN2C)c1. The number of carbonyl (C=O) groups is 1. The lowest BCUT2D eigenvalue weighted by molar-refractivity contribution is -0.105. The van der Waals surface area contributed by atoms with E-state index in [0.717, 1.165) is 50.1 Å². The van der Waals surface area contributed by atoms with Gasteiger partial charge in [0.25, 0.3) is 0 Å². The van der Waals surface area contributed by atoms with Gasteiger partial charge in [-0.2, -0.15) is 0 Å². The fourth-order valence-corrected chi connectivity index (χ4v) is 3.24. The zero-order valence-corrected chi connectivity index (χ0v) is 14.5. The maximum Gasteiger partial charge on any atom is 0.211 e. The number of piperidine rings is 1. The van der Waals surface area contributed by atoms with Crippen LogP contribution in [0.1, 0.15) is 51.0 Å². The Bertz CT molecular complexity index is 490. The number of carbonyl (C=O) groups excluding carboxylic acids is 1. The maximum atomic E-state index is 10.8. The molecule has 0 aliphatic carbocycles. The molecule has 23 heavy (non-hydrogen) atoms. The third-order valence-electron chi connectivity index (χ3n) is 4.73. The number of ether oxygens (including phenoxy) is 1. The summed E-state index contributed by atoms with van der Waals surface area (Å²) < 4.78 is 5.81. The maximum absolute atomic E-state index is 10.8. The Morgan fingerprint density at radius 1 is 1.39 bits per heavy atom. The summed E-state index contributed by atoms with van der Waals surface area (Å²) in [6.45, 7) is 4.11. The molecule has 0 aromatic heterocycles. The number of rotatable bonds is 9. The van der Waals surface area contributed by atoms with E-state index < -0.39 is 0 Å². The second-order valence-electron chi connectivity index (χ2n) is 6.45. The molecular weight excluding hydrogens is 288 g/mol. The molecule has 0 saturated carbocycles. The van der Waals surface area contributed by atoms with Gasteiger partial charge < -0.3 is 15.0 Å². The molecule has 1 aliphatic rings. The topological polar surface area (TPSA) is 41.6 Å².